The molecular weight excluding hydrogens is 238 g/mol. The maximum Gasteiger partial charge on any atom is 0.0172 e. The summed E-state index contributed by atoms with van der Waals surface area (Å²) in [6.45, 7) is 8.50. The zero-order chi connectivity index (χ0) is 13.0. The minimum atomic E-state index is 0.788. The van der Waals surface area contributed by atoms with Crippen LogP contribution in [-0.4, -0.2) is 23.6 Å². The monoisotopic (exact) mass is 269 g/mol. The van der Waals surface area contributed by atoms with Crippen LogP contribution in [0.4, 0.5) is 0 Å². The molecule has 0 radical (unpaired) electrons. The van der Waals surface area contributed by atoms with Crippen molar-refractivity contribution in [3.05, 3.63) is 0 Å². The van der Waals surface area contributed by atoms with Gasteiger partial charge in [0.15, 0.2) is 0 Å². The molecule has 1 aliphatic carbocycles. The van der Waals surface area contributed by atoms with Crippen LogP contribution in [0.3, 0.4) is 0 Å². The zero-order valence-electron chi connectivity index (χ0n) is 12.5. The Hall–Kier alpha value is 0.310. The Morgan fingerprint density at radius 3 is 2.67 bits per heavy atom. The van der Waals surface area contributed by atoms with Crippen molar-refractivity contribution >= 4 is 11.8 Å². The minimum absolute atomic E-state index is 0.788. The van der Waals surface area contributed by atoms with Gasteiger partial charge in [-0.1, -0.05) is 33.6 Å². The van der Waals surface area contributed by atoms with Gasteiger partial charge in [0.05, 0.1) is 0 Å². The molecule has 1 heterocycles. The third kappa shape index (κ3) is 4.16. The molecule has 1 N–H and O–H groups in total. The SMILES string of the molecule is CC1CCC(C(C)C)C(NCC2CCCCS2)C1. The lowest BCUT2D eigenvalue weighted by atomic mass is 9.74. The van der Waals surface area contributed by atoms with E-state index in [1.165, 1.54) is 50.8 Å². The maximum atomic E-state index is 3.93. The molecule has 18 heavy (non-hydrogen) atoms. The van der Waals surface area contributed by atoms with E-state index in [0.29, 0.717) is 0 Å². The third-order valence-electron chi connectivity index (χ3n) is 4.90. The Balaban J connectivity index is 1.80. The smallest absolute Gasteiger partial charge is 0.0172 e. The van der Waals surface area contributed by atoms with Gasteiger partial charge in [-0.2, -0.15) is 11.8 Å². The summed E-state index contributed by atoms with van der Waals surface area (Å²) in [4.78, 5) is 0. The lowest BCUT2D eigenvalue weighted by molar-refractivity contribution is 0.170. The van der Waals surface area contributed by atoms with E-state index in [-0.39, 0.29) is 0 Å². The van der Waals surface area contributed by atoms with Crippen molar-refractivity contribution in [3.8, 4) is 0 Å². The summed E-state index contributed by atoms with van der Waals surface area (Å²) < 4.78 is 0. The average molecular weight is 269 g/mol. The predicted octanol–water partition coefficient (Wildman–Crippen LogP) is 4.32. The molecule has 0 aromatic heterocycles. The molecule has 0 spiro atoms. The maximum absolute atomic E-state index is 3.93. The van der Waals surface area contributed by atoms with E-state index in [4.69, 9.17) is 0 Å². The number of thioether (sulfide) groups is 1. The first-order valence-electron chi connectivity index (χ1n) is 8.01. The molecule has 2 aliphatic rings. The van der Waals surface area contributed by atoms with Crippen molar-refractivity contribution in [2.45, 2.75) is 70.6 Å². The van der Waals surface area contributed by atoms with E-state index in [1.807, 2.05) is 0 Å². The van der Waals surface area contributed by atoms with Crippen molar-refractivity contribution in [1.82, 2.24) is 5.32 Å². The predicted molar refractivity (Wildman–Crippen MR) is 83.2 cm³/mol. The molecular formula is C16H31NS. The quantitative estimate of drug-likeness (QED) is 0.815. The van der Waals surface area contributed by atoms with E-state index in [0.717, 1.165) is 29.0 Å². The largest absolute Gasteiger partial charge is 0.313 e. The summed E-state index contributed by atoms with van der Waals surface area (Å²) in [6.07, 6.45) is 8.62. The highest BCUT2D eigenvalue weighted by Gasteiger charge is 2.30. The lowest BCUT2D eigenvalue weighted by Gasteiger charge is -2.39. The molecule has 106 valence electrons. The highest BCUT2D eigenvalue weighted by atomic mass is 32.2. The fraction of sp³-hybridized carbons (Fsp3) is 1.00. The Bertz CT molecular complexity index is 235. The number of rotatable bonds is 4. The first-order chi connectivity index (χ1) is 8.66. The van der Waals surface area contributed by atoms with E-state index in [9.17, 15) is 0 Å². The Morgan fingerprint density at radius 1 is 1.17 bits per heavy atom. The van der Waals surface area contributed by atoms with Gasteiger partial charge in [-0.05, 0) is 49.2 Å². The van der Waals surface area contributed by atoms with Gasteiger partial charge in [-0.15, -0.1) is 0 Å². The van der Waals surface area contributed by atoms with Gasteiger partial charge >= 0.3 is 0 Å². The number of hydrogen-bond acceptors (Lipinski definition) is 2. The molecule has 2 heteroatoms. The summed E-state index contributed by atoms with van der Waals surface area (Å²) in [6, 6.07) is 0.788. The molecule has 0 amide bonds. The molecule has 1 saturated carbocycles. The minimum Gasteiger partial charge on any atom is -0.313 e. The number of nitrogens with one attached hydrogen (secondary N) is 1. The van der Waals surface area contributed by atoms with Crippen molar-refractivity contribution in [3.63, 3.8) is 0 Å². The highest BCUT2D eigenvalue weighted by molar-refractivity contribution is 7.99. The molecule has 1 saturated heterocycles. The van der Waals surface area contributed by atoms with Crippen molar-refractivity contribution in [1.29, 1.82) is 0 Å². The zero-order valence-corrected chi connectivity index (χ0v) is 13.3. The topological polar surface area (TPSA) is 12.0 Å². The van der Waals surface area contributed by atoms with Gasteiger partial charge in [0.1, 0.15) is 0 Å². The van der Waals surface area contributed by atoms with E-state index in [2.05, 4.69) is 37.8 Å². The molecule has 2 fully saturated rings. The summed E-state index contributed by atoms with van der Waals surface area (Å²) in [5.41, 5.74) is 0. The molecule has 4 atom stereocenters. The van der Waals surface area contributed by atoms with Crippen LogP contribution in [0.15, 0.2) is 0 Å². The van der Waals surface area contributed by atoms with Crippen molar-refractivity contribution < 1.29 is 0 Å². The van der Waals surface area contributed by atoms with E-state index in [1.54, 1.807) is 0 Å². The van der Waals surface area contributed by atoms with E-state index >= 15 is 0 Å². The van der Waals surface area contributed by atoms with E-state index < -0.39 is 0 Å². The Labute approximate surface area is 118 Å². The van der Waals surface area contributed by atoms with Crippen LogP contribution >= 0.6 is 11.8 Å². The summed E-state index contributed by atoms with van der Waals surface area (Å²) >= 11 is 2.20. The molecule has 0 bridgehead atoms. The lowest BCUT2D eigenvalue weighted by Crippen LogP contribution is -2.45. The van der Waals surface area contributed by atoms with Crippen molar-refractivity contribution in [2.24, 2.45) is 17.8 Å². The normalized spacial score (nSPS) is 38.0. The second-order valence-corrected chi connectivity index (χ2v) is 8.24. The van der Waals surface area contributed by atoms with Gasteiger partial charge < -0.3 is 5.32 Å². The van der Waals surface area contributed by atoms with Crippen LogP contribution in [-0.2, 0) is 0 Å². The van der Waals surface area contributed by atoms with Crippen LogP contribution < -0.4 is 5.32 Å². The third-order valence-corrected chi connectivity index (χ3v) is 6.30. The average Bonchev–Trinajstić information content (AvgIpc) is 2.37. The van der Waals surface area contributed by atoms with Crippen LogP contribution in [0.5, 0.6) is 0 Å². The molecule has 1 nitrogen and oxygen atoms in total. The molecule has 4 unspecified atom stereocenters. The molecule has 0 aromatic carbocycles. The number of hydrogen-bond donors (Lipinski definition) is 1. The Kier molecular flexibility index (Phi) is 5.88. The van der Waals surface area contributed by atoms with Gasteiger partial charge in [-0.3, -0.25) is 0 Å². The summed E-state index contributed by atoms with van der Waals surface area (Å²) in [5, 5.41) is 4.82. The fourth-order valence-corrected chi connectivity index (χ4v) is 4.94. The molecule has 2 rings (SSSR count). The van der Waals surface area contributed by atoms with Crippen LogP contribution in [0.25, 0.3) is 0 Å². The van der Waals surface area contributed by atoms with Crippen LogP contribution in [0.1, 0.15) is 59.3 Å². The Morgan fingerprint density at radius 2 is 2.00 bits per heavy atom. The second-order valence-electron chi connectivity index (χ2n) is 6.83. The van der Waals surface area contributed by atoms with Crippen LogP contribution in [0, 0.1) is 17.8 Å². The first-order valence-corrected chi connectivity index (χ1v) is 9.06. The molecule has 1 aliphatic heterocycles. The first kappa shape index (κ1) is 14.7. The van der Waals surface area contributed by atoms with Crippen molar-refractivity contribution in [2.75, 3.05) is 12.3 Å². The van der Waals surface area contributed by atoms with Gasteiger partial charge in [0.25, 0.3) is 0 Å². The summed E-state index contributed by atoms with van der Waals surface area (Å²) in [5.74, 6) is 4.07. The van der Waals surface area contributed by atoms with Gasteiger partial charge in [0.2, 0.25) is 0 Å². The van der Waals surface area contributed by atoms with Gasteiger partial charge in [0, 0.05) is 17.8 Å². The highest BCUT2D eigenvalue weighted by Crippen LogP contribution is 2.34. The van der Waals surface area contributed by atoms with Crippen LogP contribution in [0.2, 0.25) is 0 Å². The molecule has 0 aromatic rings. The summed E-state index contributed by atoms with van der Waals surface area (Å²) in [7, 11) is 0. The van der Waals surface area contributed by atoms with Gasteiger partial charge in [-0.25, -0.2) is 0 Å². The second kappa shape index (κ2) is 7.19. The standard InChI is InChI=1S/C16H31NS/c1-12(2)15-8-7-13(3)10-16(15)17-11-14-6-4-5-9-18-14/h12-17H,4-11H2,1-3H3. The fourth-order valence-electron chi connectivity index (χ4n) is 3.69.